The van der Waals surface area contributed by atoms with Crippen molar-refractivity contribution in [1.82, 2.24) is 0 Å². The van der Waals surface area contributed by atoms with E-state index in [1.165, 1.54) is 12.1 Å². The smallest absolute Gasteiger partial charge is 0.245 e. The summed E-state index contributed by atoms with van der Waals surface area (Å²) in [6.07, 6.45) is 0. The number of halogens is 2. The first-order chi connectivity index (χ1) is 9.08. The zero-order valence-electron chi connectivity index (χ0n) is 9.94. The molecule has 0 aliphatic heterocycles. The summed E-state index contributed by atoms with van der Waals surface area (Å²) < 4.78 is 13.7. The second-order valence-electron chi connectivity index (χ2n) is 4.01. The third-order valence-electron chi connectivity index (χ3n) is 2.63. The molecule has 1 amide bonds. The number of nitrogens with one attached hydrogen (secondary N) is 1. The Hall–Kier alpha value is -1.72. The van der Waals surface area contributed by atoms with Gasteiger partial charge < -0.3 is 11.1 Å². The van der Waals surface area contributed by atoms with E-state index in [4.69, 9.17) is 5.73 Å². The van der Waals surface area contributed by atoms with E-state index in [1.54, 1.807) is 18.2 Å². The van der Waals surface area contributed by atoms with Gasteiger partial charge >= 0.3 is 0 Å². The molecule has 0 saturated carbocycles. The quantitative estimate of drug-likeness (QED) is 0.911. The van der Waals surface area contributed by atoms with E-state index >= 15 is 0 Å². The highest BCUT2D eigenvalue weighted by molar-refractivity contribution is 9.10. The molecule has 3 N–H and O–H groups in total. The number of carbonyl (C=O) groups is 1. The summed E-state index contributed by atoms with van der Waals surface area (Å²) in [7, 11) is 0. The van der Waals surface area contributed by atoms with E-state index in [2.05, 4.69) is 21.2 Å². The van der Waals surface area contributed by atoms with Crippen molar-refractivity contribution in [2.75, 3.05) is 5.32 Å². The molecule has 1 unspecified atom stereocenters. The molecule has 0 spiro atoms. The van der Waals surface area contributed by atoms with Gasteiger partial charge in [-0.25, -0.2) is 4.39 Å². The van der Waals surface area contributed by atoms with Gasteiger partial charge in [-0.2, -0.15) is 0 Å². The van der Waals surface area contributed by atoms with E-state index in [-0.39, 0.29) is 5.91 Å². The van der Waals surface area contributed by atoms with Gasteiger partial charge in [0.05, 0.1) is 4.47 Å². The van der Waals surface area contributed by atoms with Crippen molar-refractivity contribution < 1.29 is 9.18 Å². The second kappa shape index (κ2) is 5.95. The third kappa shape index (κ3) is 3.39. The molecule has 0 aliphatic rings. The molecule has 0 aromatic heterocycles. The van der Waals surface area contributed by atoms with Crippen molar-refractivity contribution in [3.8, 4) is 0 Å². The van der Waals surface area contributed by atoms with Gasteiger partial charge in [0.1, 0.15) is 11.9 Å². The Balaban J connectivity index is 2.10. The number of anilines is 1. The maximum absolute atomic E-state index is 13.3. The van der Waals surface area contributed by atoms with Gasteiger partial charge in [-0.3, -0.25) is 4.79 Å². The first-order valence-corrected chi connectivity index (χ1v) is 6.43. The number of rotatable bonds is 3. The van der Waals surface area contributed by atoms with Crippen LogP contribution in [0.15, 0.2) is 53.0 Å². The molecular formula is C14H12BrFN2O. The number of carbonyl (C=O) groups excluding carboxylic acids is 1. The molecule has 0 bridgehead atoms. The lowest BCUT2D eigenvalue weighted by atomic mass is 10.1. The molecule has 0 aliphatic carbocycles. The molecule has 0 heterocycles. The van der Waals surface area contributed by atoms with E-state index in [0.29, 0.717) is 15.7 Å². The van der Waals surface area contributed by atoms with Crippen LogP contribution in [-0.2, 0) is 4.79 Å². The van der Waals surface area contributed by atoms with Gasteiger partial charge in [-0.15, -0.1) is 0 Å². The van der Waals surface area contributed by atoms with E-state index in [9.17, 15) is 9.18 Å². The Bertz CT molecular complexity index is 589. The van der Waals surface area contributed by atoms with Crippen LogP contribution < -0.4 is 11.1 Å². The molecule has 2 aromatic carbocycles. The summed E-state index contributed by atoms with van der Waals surface area (Å²) in [5.41, 5.74) is 6.92. The summed E-state index contributed by atoms with van der Waals surface area (Å²) in [4.78, 5) is 11.9. The average molecular weight is 323 g/mol. The summed E-state index contributed by atoms with van der Waals surface area (Å²) in [6.45, 7) is 0. The maximum atomic E-state index is 13.3. The molecule has 2 rings (SSSR count). The molecule has 0 saturated heterocycles. The van der Waals surface area contributed by atoms with Gasteiger partial charge in [0.25, 0.3) is 0 Å². The zero-order chi connectivity index (χ0) is 13.8. The Kier molecular flexibility index (Phi) is 4.29. The van der Waals surface area contributed by atoms with Gasteiger partial charge in [0.15, 0.2) is 0 Å². The lowest BCUT2D eigenvalue weighted by molar-refractivity contribution is -0.117. The highest BCUT2D eigenvalue weighted by Gasteiger charge is 2.15. The lowest BCUT2D eigenvalue weighted by Crippen LogP contribution is -2.27. The predicted molar refractivity (Wildman–Crippen MR) is 76.1 cm³/mol. The highest BCUT2D eigenvalue weighted by Crippen LogP contribution is 2.20. The van der Waals surface area contributed by atoms with Crippen LogP contribution >= 0.6 is 15.9 Å². The molecule has 0 radical (unpaired) electrons. The van der Waals surface area contributed by atoms with Crippen LogP contribution in [0.2, 0.25) is 0 Å². The molecule has 3 nitrogen and oxygen atoms in total. The van der Waals surface area contributed by atoms with Gasteiger partial charge in [0.2, 0.25) is 5.91 Å². The number of benzene rings is 2. The van der Waals surface area contributed by atoms with Crippen molar-refractivity contribution in [3.05, 3.63) is 64.4 Å². The Morgan fingerprint density at radius 1 is 1.21 bits per heavy atom. The molecule has 2 aromatic rings. The third-order valence-corrected chi connectivity index (χ3v) is 3.27. The molecule has 0 fully saturated rings. The minimum absolute atomic E-state index is 0.345. The van der Waals surface area contributed by atoms with Crippen molar-refractivity contribution >= 4 is 27.5 Å². The van der Waals surface area contributed by atoms with Crippen LogP contribution in [0.5, 0.6) is 0 Å². The van der Waals surface area contributed by atoms with E-state index in [1.807, 2.05) is 18.2 Å². The SMILES string of the molecule is NC(C(=O)Nc1ccc(Br)c(F)c1)c1ccccc1. The van der Waals surface area contributed by atoms with Crippen LogP contribution in [0, 0.1) is 5.82 Å². The number of hydrogen-bond acceptors (Lipinski definition) is 2. The fourth-order valence-electron chi connectivity index (χ4n) is 1.61. The standard InChI is InChI=1S/C14H12BrFN2O/c15-11-7-6-10(8-12(11)16)18-14(19)13(17)9-4-2-1-3-5-9/h1-8,13H,17H2,(H,18,19). The summed E-state index contributed by atoms with van der Waals surface area (Å²) in [6, 6.07) is 12.6. The van der Waals surface area contributed by atoms with Crippen LogP contribution in [0.4, 0.5) is 10.1 Å². The van der Waals surface area contributed by atoms with Crippen LogP contribution in [0.25, 0.3) is 0 Å². The Morgan fingerprint density at radius 2 is 1.89 bits per heavy atom. The van der Waals surface area contributed by atoms with Crippen LogP contribution in [0.1, 0.15) is 11.6 Å². The van der Waals surface area contributed by atoms with E-state index in [0.717, 1.165) is 0 Å². The fraction of sp³-hybridized carbons (Fsp3) is 0.0714. The van der Waals surface area contributed by atoms with Crippen molar-refractivity contribution in [3.63, 3.8) is 0 Å². The monoisotopic (exact) mass is 322 g/mol. The normalized spacial score (nSPS) is 11.9. The van der Waals surface area contributed by atoms with E-state index < -0.39 is 11.9 Å². The minimum Gasteiger partial charge on any atom is -0.324 e. The Labute approximate surface area is 118 Å². The van der Waals surface area contributed by atoms with Gasteiger partial charge in [0, 0.05) is 5.69 Å². The number of nitrogens with two attached hydrogens (primary N) is 1. The Morgan fingerprint density at radius 3 is 2.53 bits per heavy atom. The van der Waals surface area contributed by atoms with Crippen LogP contribution in [-0.4, -0.2) is 5.91 Å². The van der Waals surface area contributed by atoms with Gasteiger partial charge in [-0.1, -0.05) is 30.3 Å². The molecule has 98 valence electrons. The predicted octanol–water partition coefficient (Wildman–Crippen LogP) is 3.23. The maximum Gasteiger partial charge on any atom is 0.245 e. The first-order valence-electron chi connectivity index (χ1n) is 5.64. The minimum atomic E-state index is -0.784. The number of hydrogen-bond donors (Lipinski definition) is 2. The number of amides is 1. The van der Waals surface area contributed by atoms with Crippen molar-refractivity contribution in [2.24, 2.45) is 5.73 Å². The second-order valence-corrected chi connectivity index (χ2v) is 4.86. The lowest BCUT2D eigenvalue weighted by Gasteiger charge is -2.12. The summed E-state index contributed by atoms with van der Waals surface area (Å²) in [5.74, 6) is -0.820. The van der Waals surface area contributed by atoms with Gasteiger partial charge in [-0.05, 0) is 39.7 Å². The topological polar surface area (TPSA) is 55.1 Å². The van der Waals surface area contributed by atoms with Crippen molar-refractivity contribution in [1.29, 1.82) is 0 Å². The highest BCUT2D eigenvalue weighted by atomic mass is 79.9. The zero-order valence-corrected chi connectivity index (χ0v) is 11.5. The molecule has 1 atom stereocenters. The van der Waals surface area contributed by atoms with Crippen molar-refractivity contribution in [2.45, 2.75) is 6.04 Å². The summed E-state index contributed by atoms with van der Waals surface area (Å²) >= 11 is 3.05. The average Bonchev–Trinajstić information content (AvgIpc) is 2.43. The molecule has 5 heteroatoms. The van der Waals surface area contributed by atoms with Crippen LogP contribution in [0.3, 0.4) is 0 Å². The fourth-order valence-corrected chi connectivity index (χ4v) is 1.85. The molecular weight excluding hydrogens is 311 g/mol. The molecule has 19 heavy (non-hydrogen) atoms. The summed E-state index contributed by atoms with van der Waals surface area (Å²) in [5, 5.41) is 2.58. The first kappa shape index (κ1) is 13.7. The largest absolute Gasteiger partial charge is 0.324 e.